The molecule has 3 saturated heterocycles. The number of aromatic hydroxyl groups is 1. The number of carbonyl (C=O) groups excluding carboxylic acids is 3. The summed E-state index contributed by atoms with van der Waals surface area (Å²) in [5.74, 6) is -4.87. The summed E-state index contributed by atoms with van der Waals surface area (Å²) < 4.78 is 109. The Kier molecular flexibility index (Phi) is 25.3. The number of aryl methyl sites for hydroxylation is 1. The Hall–Kier alpha value is -14.6. The predicted octanol–water partition coefficient (Wildman–Crippen LogP) is 13.9. The van der Waals surface area contributed by atoms with Gasteiger partial charge in [0.15, 0.2) is 34.4 Å². The van der Waals surface area contributed by atoms with Crippen molar-refractivity contribution in [3.63, 3.8) is 0 Å². The SMILES string of the molecule is C=CC(=O)N1CCN(c2nc(=O)n(-c3c(C(C)C)nc(C)nc3C(C)C)c3nc(-c4c(N)cccc4F)c(F)cc23)[C@@H](C)C1.C=CC(=O)N1C[C@H](C)N(c2nc(=O)n(-c3c(C4CC4)nc(OC)nc3C3CC3)c3nc(-c4c(N)cccc4F)c(F)cc23)C[C@H]1C.C=CC(=O)N1C[C@H](C)N(c2nc(=O)n(-c3c(C4CC4)nc(OC)nc3C3CC3)c3nc(-c4c(O)cccc4F)c(F)cc23)C[C@H]1C. The number of aromatic nitrogens is 15. The van der Waals surface area contributed by atoms with Crippen LogP contribution in [0.1, 0.15) is 189 Å². The number of carbonyl (C=O) groups is 3. The molecule has 5 atom stereocenters. The number of amides is 3. The highest BCUT2D eigenvalue weighted by molar-refractivity contribution is 5.96. The van der Waals surface area contributed by atoms with E-state index in [0.29, 0.717) is 103 Å². The van der Waals surface area contributed by atoms with Gasteiger partial charge in [-0.3, -0.25) is 14.4 Å². The minimum Gasteiger partial charge on any atom is -0.507 e. The number of methoxy groups -OCH3 is 2. The number of nitrogen functional groups attached to an aromatic ring is 2. The summed E-state index contributed by atoms with van der Waals surface area (Å²) in [4.78, 5) is 146. The molecule has 0 radical (unpaired) electrons. The lowest BCUT2D eigenvalue weighted by Crippen LogP contribution is -2.58. The molecule has 7 aliphatic rings. The Morgan fingerprint density at radius 3 is 1.07 bits per heavy atom. The molecule has 706 valence electrons. The van der Waals surface area contributed by atoms with Gasteiger partial charge in [-0.05, 0) is 178 Å². The molecule has 136 heavy (non-hydrogen) atoms. The molecule has 3 amide bonds. The van der Waals surface area contributed by atoms with Crippen LogP contribution < -0.4 is 52.7 Å². The molecule has 4 aliphatic carbocycles. The molecule has 0 bridgehead atoms. The number of pyridine rings is 3. The third kappa shape index (κ3) is 17.4. The molecule has 9 aromatic heterocycles. The van der Waals surface area contributed by atoms with E-state index in [1.165, 1.54) is 113 Å². The van der Waals surface area contributed by atoms with Crippen LogP contribution in [0.2, 0.25) is 0 Å². The van der Waals surface area contributed by atoms with E-state index < -0.39 is 69.0 Å². The number of rotatable bonds is 20. The first-order valence-electron chi connectivity index (χ1n) is 45.4. The fraction of sp³-hybridized carbons (Fsp3) is 0.388. The van der Waals surface area contributed by atoms with Crippen molar-refractivity contribution in [3.8, 4) is 68.6 Å². The van der Waals surface area contributed by atoms with Crippen molar-refractivity contribution in [2.45, 2.75) is 186 Å². The molecule has 38 heteroatoms. The van der Waals surface area contributed by atoms with Crippen molar-refractivity contribution >= 4 is 79.7 Å². The van der Waals surface area contributed by atoms with Crippen molar-refractivity contribution in [2.24, 2.45) is 0 Å². The van der Waals surface area contributed by atoms with Crippen LogP contribution in [0, 0.1) is 41.8 Å². The van der Waals surface area contributed by atoms with E-state index in [-0.39, 0.29) is 180 Å². The number of phenolic OH excluding ortho intramolecular Hbond substituents is 1. The maximum atomic E-state index is 16.1. The summed E-state index contributed by atoms with van der Waals surface area (Å²) in [7, 11) is 2.99. The largest absolute Gasteiger partial charge is 0.507 e. The molecular formula is C98H103F6N23O9. The Morgan fingerprint density at radius 2 is 0.750 bits per heavy atom. The van der Waals surface area contributed by atoms with Gasteiger partial charge in [0.2, 0.25) is 17.7 Å². The van der Waals surface area contributed by atoms with Gasteiger partial charge in [0.05, 0.1) is 98.3 Å². The zero-order valence-corrected chi connectivity index (χ0v) is 77.3. The molecule has 32 nitrogen and oxygen atoms in total. The lowest BCUT2D eigenvalue weighted by molar-refractivity contribution is -0.129. The van der Waals surface area contributed by atoms with Gasteiger partial charge < -0.3 is 55.4 Å². The summed E-state index contributed by atoms with van der Waals surface area (Å²) in [6, 6.07) is 14.4. The number of ether oxygens (including phenoxy) is 2. The normalized spacial score (nSPS) is 18.4. The number of nitrogens with zero attached hydrogens (tertiary/aromatic N) is 21. The summed E-state index contributed by atoms with van der Waals surface area (Å²) >= 11 is 0. The Labute approximate surface area is 777 Å². The van der Waals surface area contributed by atoms with E-state index >= 15 is 26.3 Å². The summed E-state index contributed by atoms with van der Waals surface area (Å²) in [6.07, 6.45) is 10.7. The fourth-order valence-corrected chi connectivity index (χ4v) is 18.5. The molecule has 0 unspecified atom stereocenters. The standard InChI is InChI=1S/C33H34F2N8O3.C33H33F2N7O4.C32H36F2N8O2/c1-5-24(44)41-14-17(3)42(15-16(41)2)30-20-13-22(35)28(25-21(34)7-6-8-23(25)36)37-31(20)43(33(45)40-30)29-26(18-9-10-18)38-32(46-4)39-27(29)19-11-12-19;1-5-24(44)40-14-17(3)41(15-16(40)2)30-20-13-22(35)28(25-21(34)7-6-8-23(25)43)36-31(20)42(33(45)39-30)29-26(18-9-10-18)37-32(46-4)38-27(29)19-11-12-19;1-8-24(43)40-12-13-41(18(6)15-40)30-20-14-22(34)28(25-21(33)10-9-11-23(25)35)38-31(20)42(32(44)39-30)29-26(16(2)3)36-19(7)37-27(29)17(4)5/h5-8,13,16-19H,1,9-12,14-15,36H2,2-4H3;5-8,13,16-19,43H,1,9-12,14-15H2,2-4H3;8-11,14,16-18H,1,12-13,15,35H2,2-7H3/t2*16-,17+;18-/m110/s1. The van der Waals surface area contributed by atoms with Crippen molar-refractivity contribution in [2.75, 3.05) is 86.2 Å². The van der Waals surface area contributed by atoms with Gasteiger partial charge in [0.1, 0.15) is 63.6 Å². The summed E-state index contributed by atoms with van der Waals surface area (Å²) in [5.41, 5.74) is 13.5. The predicted molar refractivity (Wildman–Crippen MR) is 503 cm³/mol. The first kappa shape index (κ1) is 93.2. The van der Waals surface area contributed by atoms with E-state index in [4.69, 9.17) is 20.9 Å². The van der Waals surface area contributed by atoms with Gasteiger partial charge in [-0.15, -0.1) is 0 Å². The van der Waals surface area contributed by atoms with Crippen molar-refractivity contribution in [1.82, 2.24) is 88.2 Å². The number of hydrogen-bond acceptors (Lipinski definition) is 26. The number of fused-ring (bicyclic) bond motifs is 3. The maximum absolute atomic E-state index is 16.1. The zero-order valence-electron chi connectivity index (χ0n) is 77.3. The van der Waals surface area contributed by atoms with Gasteiger partial charge in [-0.1, -0.05) is 65.6 Å². The number of phenols is 1. The highest BCUT2D eigenvalue weighted by Gasteiger charge is 2.44. The molecule has 3 aliphatic heterocycles. The molecule has 7 fully saturated rings. The number of halogens is 6. The van der Waals surface area contributed by atoms with Gasteiger partial charge in [-0.25, -0.2) is 79.3 Å². The van der Waals surface area contributed by atoms with Crippen LogP contribution in [-0.2, 0) is 14.4 Å². The van der Waals surface area contributed by atoms with Gasteiger partial charge in [-0.2, -0.15) is 34.9 Å². The highest BCUT2D eigenvalue weighted by Crippen LogP contribution is 2.52. The maximum Gasteiger partial charge on any atom is 0.355 e. The average molecular weight is 1860 g/mol. The number of benzene rings is 3. The van der Waals surface area contributed by atoms with Gasteiger partial charge in [0.25, 0.3) is 0 Å². The smallest absolute Gasteiger partial charge is 0.355 e. The lowest BCUT2D eigenvalue weighted by Gasteiger charge is -2.44. The molecule has 19 rings (SSSR count). The van der Waals surface area contributed by atoms with E-state index in [9.17, 15) is 33.9 Å². The van der Waals surface area contributed by atoms with Crippen LogP contribution in [-0.4, -0.2) is 201 Å². The molecule has 12 aromatic rings. The Balaban J connectivity index is 0.000000142. The molecule has 0 spiro atoms. The van der Waals surface area contributed by atoms with Crippen LogP contribution in [0.25, 0.3) is 83.9 Å². The molecule has 12 heterocycles. The number of hydrogen-bond donors (Lipinski definition) is 3. The van der Waals surface area contributed by atoms with Crippen LogP contribution in [0.4, 0.5) is 55.2 Å². The number of nitrogens with two attached hydrogens (primary N) is 2. The van der Waals surface area contributed by atoms with Crippen LogP contribution in [0.5, 0.6) is 17.8 Å². The molecule has 3 aromatic carbocycles. The topological polar surface area (TPSA) is 382 Å². The number of piperazine rings is 3. The van der Waals surface area contributed by atoms with E-state index in [1.54, 1.807) is 21.6 Å². The van der Waals surface area contributed by atoms with Crippen LogP contribution in [0.3, 0.4) is 0 Å². The average Bonchev–Trinajstić information content (AvgIpc) is 1.37. The molecule has 5 N–H and O–H groups in total. The third-order valence-corrected chi connectivity index (χ3v) is 25.9. The fourth-order valence-electron chi connectivity index (χ4n) is 18.5. The van der Waals surface area contributed by atoms with Gasteiger partial charge in [0, 0.05) is 111 Å². The second kappa shape index (κ2) is 37.0. The van der Waals surface area contributed by atoms with Gasteiger partial charge >= 0.3 is 29.1 Å². The molecule has 4 saturated carbocycles. The first-order valence-corrected chi connectivity index (χ1v) is 45.4. The minimum atomic E-state index is -0.905. The van der Waals surface area contributed by atoms with Crippen molar-refractivity contribution < 1.29 is 55.3 Å². The second-order valence-corrected chi connectivity index (χ2v) is 36.3. The summed E-state index contributed by atoms with van der Waals surface area (Å²) in [6.45, 7) is 32.1. The Bertz CT molecular complexity index is 6680. The lowest BCUT2D eigenvalue weighted by atomic mass is 10.0. The van der Waals surface area contributed by atoms with E-state index in [0.717, 1.165) is 57.4 Å². The molecular weight excluding hydrogens is 1760 g/mol. The first-order chi connectivity index (χ1) is 65.0. The second-order valence-electron chi connectivity index (χ2n) is 36.3. The Morgan fingerprint density at radius 1 is 0.419 bits per heavy atom. The quantitative estimate of drug-likeness (QED) is 0.0362. The zero-order chi connectivity index (χ0) is 96.9. The van der Waals surface area contributed by atoms with Crippen molar-refractivity contribution in [3.05, 3.63) is 217 Å². The van der Waals surface area contributed by atoms with Crippen LogP contribution in [0.15, 0.2) is 125 Å². The highest BCUT2D eigenvalue weighted by atomic mass is 19.1. The van der Waals surface area contributed by atoms with Crippen LogP contribution >= 0.6 is 0 Å². The monoisotopic (exact) mass is 1860 g/mol. The van der Waals surface area contributed by atoms with E-state index in [2.05, 4.69) is 79.5 Å². The number of anilines is 5. The third-order valence-electron chi connectivity index (χ3n) is 25.9. The summed E-state index contributed by atoms with van der Waals surface area (Å²) in [5, 5.41) is 11.3. The van der Waals surface area contributed by atoms with E-state index in [1.807, 2.05) is 77.0 Å². The minimum absolute atomic E-state index is 0.0000327. The van der Waals surface area contributed by atoms with Crippen molar-refractivity contribution in [1.29, 1.82) is 0 Å².